The highest BCUT2D eigenvalue weighted by Gasteiger charge is 2.18. The van der Waals surface area contributed by atoms with E-state index < -0.39 is 0 Å². The topological polar surface area (TPSA) is 51.2 Å². The Kier molecular flexibility index (Phi) is 4.71. The average molecular weight is 243 g/mol. The predicted molar refractivity (Wildman–Crippen MR) is 63.1 cm³/mol. The van der Waals surface area contributed by atoms with Gasteiger partial charge in [-0.15, -0.1) is 12.4 Å². The largest absolute Gasteiger partial charge is 0.464 e. The highest BCUT2D eigenvalue weighted by molar-refractivity contribution is 5.87. The van der Waals surface area contributed by atoms with E-state index in [2.05, 4.69) is 15.0 Å². The highest BCUT2D eigenvalue weighted by Crippen LogP contribution is 2.22. The summed E-state index contributed by atoms with van der Waals surface area (Å²) in [7, 11) is 1.37. The van der Waals surface area contributed by atoms with Gasteiger partial charge in [-0.3, -0.25) is 0 Å². The van der Waals surface area contributed by atoms with E-state index in [1.807, 2.05) is 12.1 Å². The summed E-state index contributed by atoms with van der Waals surface area (Å²) in [6.07, 6.45) is 2.78. The Bertz CT molecular complexity index is 365. The second-order valence-electron chi connectivity index (χ2n) is 3.66. The van der Waals surface area contributed by atoms with Crippen LogP contribution in [0.15, 0.2) is 18.3 Å². The minimum Gasteiger partial charge on any atom is -0.464 e. The smallest absolute Gasteiger partial charge is 0.356 e. The van der Waals surface area contributed by atoms with Crippen molar-refractivity contribution in [3.8, 4) is 0 Å². The first-order valence-corrected chi connectivity index (χ1v) is 5.06. The van der Waals surface area contributed by atoms with Gasteiger partial charge in [0.2, 0.25) is 0 Å². The van der Waals surface area contributed by atoms with E-state index in [9.17, 15) is 4.79 Å². The molecule has 0 amide bonds. The summed E-state index contributed by atoms with van der Waals surface area (Å²) in [4.78, 5) is 15.3. The minimum absolute atomic E-state index is 0. The highest BCUT2D eigenvalue weighted by atomic mass is 35.5. The molecule has 16 heavy (non-hydrogen) atoms. The zero-order chi connectivity index (χ0) is 10.7. The van der Waals surface area contributed by atoms with Crippen molar-refractivity contribution >= 4 is 18.4 Å². The Labute approximate surface area is 101 Å². The van der Waals surface area contributed by atoms with Gasteiger partial charge in [-0.05, 0) is 36.6 Å². The van der Waals surface area contributed by atoms with Gasteiger partial charge in [0.05, 0.1) is 7.11 Å². The Balaban J connectivity index is 0.00000128. The third-order valence-electron chi connectivity index (χ3n) is 2.71. The third-order valence-corrected chi connectivity index (χ3v) is 2.71. The molecule has 2 rings (SSSR count). The predicted octanol–water partition coefficient (Wildman–Crippen LogP) is 1.37. The Morgan fingerprint density at radius 3 is 3.06 bits per heavy atom. The fraction of sp³-hybridized carbons (Fsp3) is 0.455. The van der Waals surface area contributed by atoms with Gasteiger partial charge in [0, 0.05) is 12.7 Å². The van der Waals surface area contributed by atoms with E-state index in [1.54, 1.807) is 6.20 Å². The number of halogens is 1. The van der Waals surface area contributed by atoms with Gasteiger partial charge in [0.25, 0.3) is 0 Å². The molecule has 1 aromatic heterocycles. The van der Waals surface area contributed by atoms with Gasteiger partial charge in [0.15, 0.2) is 0 Å². The van der Waals surface area contributed by atoms with Gasteiger partial charge in [-0.1, -0.05) is 0 Å². The van der Waals surface area contributed by atoms with Gasteiger partial charge in [-0.25, -0.2) is 9.78 Å². The first-order chi connectivity index (χ1) is 7.31. The first kappa shape index (κ1) is 12.9. The molecule has 0 radical (unpaired) electrons. The van der Waals surface area contributed by atoms with Crippen molar-refractivity contribution < 1.29 is 9.53 Å². The molecule has 88 valence electrons. The molecule has 0 aliphatic carbocycles. The minimum atomic E-state index is -0.372. The van der Waals surface area contributed by atoms with Gasteiger partial charge in [-0.2, -0.15) is 0 Å². The molecular formula is C11H15ClN2O2. The van der Waals surface area contributed by atoms with Crippen LogP contribution >= 0.6 is 12.4 Å². The van der Waals surface area contributed by atoms with Crippen LogP contribution in [0.4, 0.5) is 0 Å². The second-order valence-corrected chi connectivity index (χ2v) is 3.66. The van der Waals surface area contributed by atoms with E-state index in [4.69, 9.17) is 0 Å². The summed E-state index contributed by atoms with van der Waals surface area (Å²) >= 11 is 0. The normalized spacial score (nSPS) is 18.9. The van der Waals surface area contributed by atoms with Crippen LogP contribution in [0.3, 0.4) is 0 Å². The summed E-state index contributed by atoms with van der Waals surface area (Å²) in [6.45, 7) is 2.02. The number of aromatic nitrogens is 1. The number of nitrogens with one attached hydrogen (secondary N) is 1. The van der Waals surface area contributed by atoms with Crippen LogP contribution in [-0.4, -0.2) is 31.2 Å². The van der Waals surface area contributed by atoms with Crippen LogP contribution in [0, 0.1) is 0 Å². The molecule has 0 aromatic carbocycles. The Morgan fingerprint density at radius 2 is 2.44 bits per heavy atom. The van der Waals surface area contributed by atoms with Crippen LogP contribution in [0.25, 0.3) is 0 Å². The molecular weight excluding hydrogens is 228 g/mol. The van der Waals surface area contributed by atoms with Crippen LogP contribution in [-0.2, 0) is 4.74 Å². The molecule has 1 aliphatic heterocycles. The first-order valence-electron chi connectivity index (χ1n) is 5.06. The monoisotopic (exact) mass is 242 g/mol. The second kappa shape index (κ2) is 5.82. The fourth-order valence-corrected chi connectivity index (χ4v) is 1.86. The summed E-state index contributed by atoms with van der Waals surface area (Å²) in [5, 5.41) is 3.30. The molecule has 1 N–H and O–H groups in total. The maximum atomic E-state index is 11.3. The van der Waals surface area contributed by atoms with Gasteiger partial charge >= 0.3 is 5.97 Å². The number of esters is 1. The summed E-state index contributed by atoms with van der Waals surface area (Å²) < 4.78 is 4.64. The van der Waals surface area contributed by atoms with Crippen molar-refractivity contribution in [3.63, 3.8) is 0 Å². The molecule has 0 bridgehead atoms. The quantitative estimate of drug-likeness (QED) is 0.796. The van der Waals surface area contributed by atoms with Crippen LogP contribution in [0.2, 0.25) is 0 Å². The van der Waals surface area contributed by atoms with E-state index in [0.717, 1.165) is 25.1 Å². The lowest BCUT2D eigenvalue weighted by Gasteiger charge is -2.08. The zero-order valence-corrected chi connectivity index (χ0v) is 9.92. The molecule has 1 aliphatic rings. The molecule has 2 heterocycles. The van der Waals surface area contributed by atoms with Gasteiger partial charge in [0.1, 0.15) is 5.69 Å². The van der Waals surface area contributed by atoms with Crippen molar-refractivity contribution in [1.29, 1.82) is 0 Å². The summed E-state index contributed by atoms with van der Waals surface area (Å²) in [6, 6.07) is 3.79. The standard InChI is InChI=1S/C11H14N2O2.ClH/c1-15-11(14)10-6-8(3-5-13-10)9-2-4-12-7-9;/h3,5-6,9,12H,2,4,7H2,1H3;1H. The Morgan fingerprint density at radius 1 is 1.62 bits per heavy atom. The van der Waals surface area contributed by atoms with E-state index in [1.165, 1.54) is 7.11 Å². The number of ether oxygens (including phenoxy) is 1. The van der Waals surface area contributed by atoms with Crippen LogP contribution in [0.1, 0.15) is 28.4 Å². The molecule has 1 atom stereocenters. The maximum absolute atomic E-state index is 11.3. The third kappa shape index (κ3) is 2.71. The molecule has 0 saturated carbocycles. The molecule has 5 heteroatoms. The number of carbonyl (C=O) groups is 1. The van der Waals surface area contributed by atoms with Crippen molar-refractivity contribution in [3.05, 3.63) is 29.6 Å². The number of nitrogens with zero attached hydrogens (tertiary/aromatic N) is 1. The summed E-state index contributed by atoms with van der Waals surface area (Å²) in [5.74, 6) is 0.124. The zero-order valence-electron chi connectivity index (χ0n) is 9.10. The fourth-order valence-electron chi connectivity index (χ4n) is 1.86. The van der Waals surface area contributed by atoms with Crippen LogP contribution in [0.5, 0.6) is 0 Å². The number of hydrogen-bond acceptors (Lipinski definition) is 4. The van der Waals surface area contributed by atoms with E-state index in [0.29, 0.717) is 11.6 Å². The van der Waals surface area contributed by atoms with Gasteiger partial charge < -0.3 is 10.1 Å². The number of pyridine rings is 1. The average Bonchev–Trinajstić information content (AvgIpc) is 2.82. The number of hydrogen-bond donors (Lipinski definition) is 1. The lowest BCUT2D eigenvalue weighted by Crippen LogP contribution is -2.09. The maximum Gasteiger partial charge on any atom is 0.356 e. The van der Waals surface area contributed by atoms with Crippen molar-refractivity contribution in [1.82, 2.24) is 10.3 Å². The van der Waals surface area contributed by atoms with E-state index in [-0.39, 0.29) is 18.4 Å². The number of methoxy groups -OCH3 is 1. The number of carbonyl (C=O) groups excluding carboxylic acids is 1. The van der Waals surface area contributed by atoms with Crippen molar-refractivity contribution in [2.75, 3.05) is 20.2 Å². The number of rotatable bonds is 2. The summed E-state index contributed by atoms with van der Waals surface area (Å²) in [5.41, 5.74) is 1.55. The van der Waals surface area contributed by atoms with E-state index >= 15 is 0 Å². The molecule has 1 unspecified atom stereocenters. The van der Waals surface area contributed by atoms with Crippen molar-refractivity contribution in [2.45, 2.75) is 12.3 Å². The molecule has 1 saturated heterocycles. The molecule has 1 aromatic rings. The lowest BCUT2D eigenvalue weighted by molar-refractivity contribution is 0.0594. The van der Waals surface area contributed by atoms with Crippen molar-refractivity contribution in [2.24, 2.45) is 0 Å². The molecule has 4 nitrogen and oxygen atoms in total. The Hall–Kier alpha value is -1.13. The lowest BCUT2D eigenvalue weighted by atomic mass is 9.99. The SMILES string of the molecule is COC(=O)c1cc(C2CCNC2)ccn1.Cl. The van der Waals surface area contributed by atoms with Crippen LogP contribution < -0.4 is 5.32 Å². The molecule has 1 fully saturated rings. The molecule has 0 spiro atoms.